The number of alkyl halides is 1. The van der Waals surface area contributed by atoms with Crippen LogP contribution in [0.15, 0.2) is 30.7 Å². The van der Waals surface area contributed by atoms with Gasteiger partial charge in [0.2, 0.25) is 0 Å². The van der Waals surface area contributed by atoms with Gasteiger partial charge >= 0.3 is 0 Å². The molecule has 3 heterocycles. The van der Waals surface area contributed by atoms with Gasteiger partial charge in [-0.25, -0.2) is 14.4 Å². The van der Waals surface area contributed by atoms with Crippen LogP contribution in [0.5, 0.6) is 0 Å². The van der Waals surface area contributed by atoms with Crippen molar-refractivity contribution in [3.05, 3.63) is 41.3 Å². The van der Waals surface area contributed by atoms with Crippen molar-refractivity contribution in [2.24, 2.45) is 0 Å². The Balaban J connectivity index is 1.92. The van der Waals surface area contributed by atoms with E-state index in [0.29, 0.717) is 22.2 Å². The van der Waals surface area contributed by atoms with Crippen LogP contribution >= 0.6 is 11.6 Å². The number of hydrogen-bond donors (Lipinski definition) is 3. The summed E-state index contributed by atoms with van der Waals surface area (Å²) >= 11 is 5.98. The van der Waals surface area contributed by atoms with Crippen LogP contribution in [-0.4, -0.2) is 55.1 Å². The van der Waals surface area contributed by atoms with Gasteiger partial charge in [-0.05, 0) is 33.8 Å². The Labute approximate surface area is 178 Å². The highest BCUT2D eigenvalue weighted by atomic mass is 35.5. The van der Waals surface area contributed by atoms with E-state index in [9.17, 15) is 14.3 Å². The molecule has 0 aliphatic rings. The average Bonchev–Trinajstić information content (AvgIpc) is 3.07. The molecule has 160 valence electrons. The number of halogens is 2. The summed E-state index contributed by atoms with van der Waals surface area (Å²) in [6.07, 6.45) is 2.94. The number of anilines is 1. The minimum absolute atomic E-state index is 0.0309. The van der Waals surface area contributed by atoms with E-state index < -0.39 is 17.7 Å². The molecule has 3 N–H and O–H groups in total. The zero-order chi connectivity index (χ0) is 22.1. The van der Waals surface area contributed by atoms with Crippen molar-refractivity contribution in [3.63, 3.8) is 0 Å². The minimum Gasteiger partial charge on any atom is -0.387 e. The highest BCUT2D eigenvalue weighted by Crippen LogP contribution is 2.23. The van der Waals surface area contributed by atoms with Gasteiger partial charge < -0.3 is 15.7 Å². The van der Waals surface area contributed by atoms with E-state index in [1.807, 2.05) is 13.8 Å². The number of fused-ring (bicyclic) bond motifs is 1. The first kappa shape index (κ1) is 21.9. The van der Waals surface area contributed by atoms with E-state index in [4.69, 9.17) is 11.6 Å². The van der Waals surface area contributed by atoms with Crippen LogP contribution in [-0.2, 0) is 0 Å². The maximum absolute atomic E-state index is 14.0. The lowest BCUT2D eigenvalue weighted by atomic mass is 10.0. The van der Waals surface area contributed by atoms with Crippen molar-refractivity contribution < 1.29 is 14.3 Å². The number of carbonyl (C=O) groups excluding carboxylic acids is 1. The minimum atomic E-state index is -1.61. The molecule has 3 aromatic rings. The standard InChI is InChI=1S/C20H24ClFN6O2/c1-11(2)27-15-6-17(28-18-12(7-26-28)5-13(21)8-24-18)23-9-14(15)19(29)25-10-16(22)20(3,4)30/h5-9,11,16,30H,10H2,1-4H3,(H,23,27)(H,25,29). The van der Waals surface area contributed by atoms with Gasteiger partial charge in [0.1, 0.15) is 6.17 Å². The Bertz CT molecular complexity index is 1060. The Morgan fingerprint density at radius 1 is 1.27 bits per heavy atom. The van der Waals surface area contributed by atoms with Crippen molar-refractivity contribution in [1.29, 1.82) is 0 Å². The van der Waals surface area contributed by atoms with E-state index >= 15 is 0 Å². The second-order valence-corrected chi connectivity index (χ2v) is 8.28. The first-order chi connectivity index (χ1) is 14.1. The predicted molar refractivity (Wildman–Crippen MR) is 114 cm³/mol. The maximum atomic E-state index is 14.0. The quantitative estimate of drug-likeness (QED) is 0.527. The smallest absolute Gasteiger partial charge is 0.255 e. The normalized spacial score (nSPS) is 12.9. The number of aromatic nitrogens is 4. The molecule has 3 aromatic heterocycles. The summed E-state index contributed by atoms with van der Waals surface area (Å²) in [5, 5.41) is 21.0. The lowest BCUT2D eigenvalue weighted by Gasteiger charge is -2.23. The van der Waals surface area contributed by atoms with Crippen LogP contribution in [0, 0.1) is 0 Å². The fourth-order valence-electron chi connectivity index (χ4n) is 2.76. The van der Waals surface area contributed by atoms with E-state index in [0.717, 1.165) is 5.39 Å². The highest BCUT2D eigenvalue weighted by molar-refractivity contribution is 6.31. The van der Waals surface area contributed by atoms with Gasteiger partial charge in [-0.2, -0.15) is 9.78 Å². The molecule has 0 spiro atoms. The van der Waals surface area contributed by atoms with Gasteiger partial charge in [0.05, 0.1) is 34.6 Å². The van der Waals surface area contributed by atoms with Crippen LogP contribution < -0.4 is 10.6 Å². The topological polar surface area (TPSA) is 105 Å². The summed E-state index contributed by atoms with van der Waals surface area (Å²) in [5.74, 6) is -0.0429. The lowest BCUT2D eigenvalue weighted by Crippen LogP contribution is -2.42. The number of carbonyl (C=O) groups is 1. The van der Waals surface area contributed by atoms with Crippen LogP contribution in [0.2, 0.25) is 5.02 Å². The Morgan fingerprint density at radius 2 is 2.00 bits per heavy atom. The van der Waals surface area contributed by atoms with Crippen molar-refractivity contribution in [2.45, 2.75) is 45.5 Å². The molecular weight excluding hydrogens is 411 g/mol. The molecule has 0 saturated carbocycles. The molecule has 1 amide bonds. The monoisotopic (exact) mass is 434 g/mol. The largest absolute Gasteiger partial charge is 0.387 e. The summed E-state index contributed by atoms with van der Waals surface area (Å²) < 4.78 is 15.5. The molecule has 1 atom stereocenters. The third-order valence-electron chi connectivity index (χ3n) is 4.38. The number of pyridine rings is 2. The molecule has 0 bridgehead atoms. The third-order valence-corrected chi connectivity index (χ3v) is 4.59. The van der Waals surface area contributed by atoms with E-state index in [2.05, 4.69) is 25.7 Å². The molecule has 0 aromatic carbocycles. The zero-order valence-corrected chi connectivity index (χ0v) is 17.9. The fraction of sp³-hybridized carbons (Fsp3) is 0.400. The summed E-state index contributed by atoms with van der Waals surface area (Å²) in [5.41, 5.74) is -0.206. The van der Waals surface area contributed by atoms with Crippen LogP contribution in [0.25, 0.3) is 16.9 Å². The molecule has 1 unspecified atom stereocenters. The third kappa shape index (κ3) is 4.85. The molecule has 3 rings (SSSR count). The van der Waals surface area contributed by atoms with Crippen LogP contribution in [0.3, 0.4) is 0 Å². The van der Waals surface area contributed by atoms with Crippen molar-refractivity contribution in [3.8, 4) is 5.82 Å². The Morgan fingerprint density at radius 3 is 2.67 bits per heavy atom. The van der Waals surface area contributed by atoms with E-state index in [1.54, 1.807) is 23.0 Å². The summed E-state index contributed by atoms with van der Waals surface area (Å²) in [7, 11) is 0. The number of hydrogen-bond acceptors (Lipinski definition) is 6. The van der Waals surface area contributed by atoms with Gasteiger partial charge in [-0.1, -0.05) is 11.6 Å². The molecule has 8 nitrogen and oxygen atoms in total. The summed E-state index contributed by atoms with van der Waals surface area (Å²) in [4.78, 5) is 21.3. The van der Waals surface area contributed by atoms with Gasteiger partial charge in [0, 0.05) is 29.9 Å². The second kappa shape index (κ2) is 8.53. The van der Waals surface area contributed by atoms with Crippen molar-refractivity contribution in [2.75, 3.05) is 11.9 Å². The van der Waals surface area contributed by atoms with E-state index in [-0.39, 0.29) is 18.2 Å². The average molecular weight is 435 g/mol. The van der Waals surface area contributed by atoms with Gasteiger partial charge in [0.25, 0.3) is 5.91 Å². The molecular formula is C20H24ClFN6O2. The van der Waals surface area contributed by atoms with Crippen LogP contribution in [0.4, 0.5) is 10.1 Å². The first-order valence-electron chi connectivity index (χ1n) is 9.47. The Hall–Kier alpha value is -2.78. The lowest BCUT2D eigenvalue weighted by molar-refractivity contribution is -0.00177. The van der Waals surface area contributed by atoms with Gasteiger partial charge in [0.15, 0.2) is 11.5 Å². The van der Waals surface area contributed by atoms with Gasteiger partial charge in [-0.3, -0.25) is 4.79 Å². The number of rotatable bonds is 7. The number of nitrogens with zero attached hydrogens (tertiary/aromatic N) is 4. The van der Waals surface area contributed by atoms with Crippen molar-refractivity contribution in [1.82, 2.24) is 25.1 Å². The van der Waals surface area contributed by atoms with Crippen molar-refractivity contribution >= 4 is 34.2 Å². The van der Waals surface area contributed by atoms with E-state index in [1.165, 1.54) is 26.2 Å². The summed E-state index contributed by atoms with van der Waals surface area (Å²) in [6.45, 7) is 6.24. The Kier molecular flexibility index (Phi) is 6.23. The highest BCUT2D eigenvalue weighted by Gasteiger charge is 2.27. The zero-order valence-electron chi connectivity index (χ0n) is 17.1. The number of aliphatic hydroxyl groups is 1. The predicted octanol–water partition coefficient (Wildman–Crippen LogP) is 3.13. The fourth-order valence-corrected chi connectivity index (χ4v) is 2.93. The number of nitrogens with one attached hydrogen (secondary N) is 2. The molecule has 0 saturated heterocycles. The molecule has 0 radical (unpaired) electrons. The molecule has 10 heteroatoms. The molecule has 0 fully saturated rings. The molecule has 30 heavy (non-hydrogen) atoms. The summed E-state index contributed by atoms with van der Waals surface area (Å²) in [6, 6.07) is 3.46. The molecule has 0 aliphatic heterocycles. The molecule has 0 aliphatic carbocycles. The van der Waals surface area contributed by atoms with Crippen LogP contribution in [0.1, 0.15) is 38.1 Å². The SMILES string of the molecule is CC(C)Nc1cc(-n2ncc3cc(Cl)cnc32)ncc1C(=O)NCC(F)C(C)(C)O. The number of amides is 1. The second-order valence-electron chi connectivity index (χ2n) is 7.84. The maximum Gasteiger partial charge on any atom is 0.255 e. The first-order valence-corrected chi connectivity index (χ1v) is 9.85. The van der Waals surface area contributed by atoms with Gasteiger partial charge in [-0.15, -0.1) is 0 Å².